The van der Waals surface area contributed by atoms with Gasteiger partial charge in [-0.05, 0) is 32.1 Å². The molecule has 0 aromatic carbocycles. The normalized spacial score (nSPS) is 34.2. The molecule has 0 amide bonds. The maximum absolute atomic E-state index is 11.3. The van der Waals surface area contributed by atoms with E-state index >= 15 is 0 Å². The summed E-state index contributed by atoms with van der Waals surface area (Å²) in [7, 11) is 0. The van der Waals surface area contributed by atoms with Gasteiger partial charge in [0, 0.05) is 0 Å². The van der Waals surface area contributed by atoms with E-state index in [0.717, 1.165) is 12.8 Å². The van der Waals surface area contributed by atoms with Crippen LogP contribution in [0.5, 0.6) is 0 Å². The lowest BCUT2D eigenvalue weighted by molar-refractivity contribution is -0.151. The van der Waals surface area contributed by atoms with Gasteiger partial charge in [0.15, 0.2) is 0 Å². The Morgan fingerprint density at radius 1 is 1.54 bits per heavy atom. The molecule has 3 unspecified atom stereocenters. The second-order valence-electron chi connectivity index (χ2n) is 3.81. The predicted molar refractivity (Wildman–Crippen MR) is 49.1 cm³/mol. The summed E-state index contributed by atoms with van der Waals surface area (Å²) >= 11 is 0. The Bertz CT molecular complexity index is 179. The first-order valence-corrected chi connectivity index (χ1v) is 4.99. The van der Waals surface area contributed by atoms with Gasteiger partial charge in [-0.25, -0.2) is 0 Å². The molecule has 3 nitrogen and oxygen atoms in total. The molecule has 13 heavy (non-hydrogen) atoms. The first-order chi connectivity index (χ1) is 6.15. The highest BCUT2D eigenvalue weighted by molar-refractivity contribution is 5.72. The molecule has 0 spiro atoms. The Hall–Kier alpha value is -0.570. The van der Waals surface area contributed by atoms with Crippen LogP contribution < -0.4 is 0 Å². The smallest absolute Gasteiger partial charge is 0.309 e. The first-order valence-electron chi connectivity index (χ1n) is 4.99. The highest BCUT2D eigenvalue weighted by Gasteiger charge is 2.31. The number of aliphatic hydroxyl groups is 1. The zero-order valence-corrected chi connectivity index (χ0v) is 8.32. The van der Waals surface area contributed by atoms with Gasteiger partial charge < -0.3 is 9.84 Å². The zero-order chi connectivity index (χ0) is 9.84. The minimum atomic E-state index is -0.330. The number of rotatable bonds is 2. The fraction of sp³-hybridized carbons (Fsp3) is 0.900. The number of ether oxygens (including phenoxy) is 1. The molecule has 0 aromatic heterocycles. The third-order valence-electron chi connectivity index (χ3n) is 2.77. The van der Waals surface area contributed by atoms with Crippen molar-refractivity contribution in [2.24, 2.45) is 11.8 Å². The fourth-order valence-electron chi connectivity index (χ4n) is 1.77. The third-order valence-corrected chi connectivity index (χ3v) is 2.77. The average molecular weight is 186 g/mol. The average Bonchev–Trinajstić information content (AvgIpc) is 2.10. The van der Waals surface area contributed by atoms with Gasteiger partial charge in [-0.3, -0.25) is 4.79 Å². The Labute approximate surface area is 79.1 Å². The summed E-state index contributed by atoms with van der Waals surface area (Å²) in [6.45, 7) is 4.26. The predicted octanol–water partition coefficient (Wildman–Crippen LogP) is 1.35. The Balaban J connectivity index is 2.40. The van der Waals surface area contributed by atoms with Gasteiger partial charge >= 0.3 is 5.97 Å². The fourth-order valence-corrected chi connectivity index (χ4v) is 1.77. The molecule has 0 saturated heterocycles. The van der Waals surface area contributed by atoms with E-state index in [9.17, 15) is 9.90 Å². The summed E-state index contributed by atoms with van der Waals surface area (Å²) in [4.78, 5) is 11.3. The van der Waals surface area contributed by atoms with Crippen molar-refractivity contribution in [3.8, 4) is 0 Å². The lowest BCUT2D eigenvalue weighted by Gasteiger charge is -2.29. The maximum atomic E-state index is 11.3. The van der Waals surface area contributed by atoms with Gasteiger partial charge in [0.1, 0.15) is 0 Å². The van der Waals surface area contributed by atoms with Crippen LogP contribution in [-0.4, -0.2) is 23.8 Å². The highest BCUT2D eigenvalue weighted by atomic mass is 16.5. The number of hydrogen-bond donors (Lipinski definition) is 1. The van der Waals surface area contributed by atoms with Crippen LogP contribution in [0.25, 0.3) is 0 Å². The van der Waals surface area contributed by atoms with Crippen molar-refractivity contribution in [3.05, 3.63) is 0 Å². The molecule has 0 heterocycles. The third kappa shape index (κ3) is 2.69. The molecule has 0 aromatic rings. The second-order valence-corrected chi connectivity index (χ2v) is 3.81. The summed E-state index contributed by atoms with van der Waals surface area (Å²) < 4.78 is 4.91. The molecule has 76 valence electrons. The minimum Gasteiger partial charge on any atom is -0.466 e. The van der Waals surface area contributed by atoms with Crippen LogP contribution in [0.2, 0.25) is 0 Å². The summed E-state index contributed by atoms with van der Waals surface area (Å²) in [6.07, 6.45) is 2.02. The molecule has 3 atom stereocenters. The number of carbonyl (C=O) groups is 1. The molecular weight excluding hydrogens is 168 g/mol. The van der Waals surface area contributed by atoms with Gasteiger partial charge in [0.05, 0.1) is 18.6 Å². The van der Waals surface area contributed by atoms with Crippen molar-refractivity contribution in [2.45, 2.75) is 39.2 Å². The topological polar surface area (TPSA) is 46.5 Å². The van der Waals surface area contributed by atoms with Crippen LogP contribution in [0.15, 0.2) is 0 Å². The van der Waals surface area contributed by atoms with Crippen molar-refractivity contribution in [1.29, 1.82) is 0 Å². The van der Waals surface area contributed by atoms with Crippen LogP contribution in [-0.2, 0) is 9.53 Å². The lowest BCUT2D eigenvalue weighted by atomic mass is 9.81. The Morgan fingerprint density at radius 2 is 2.23 bits per heavy atom. The van der Waals surface area contributed by atoms with E-state index in [1.807, 2.05) is 6.92 Å². The van der Waals surface area contributed by atoms with Crippen molar-refractivity contribution >= 4 is 5.97 Å². The molecule has 1 aliphatic rings. The quantitative estimate of drug-likeness (QED) is 0.662. The van der Waals surface area contributed by atoms with Crippen molar-refractivity contribution < 1.29 is 14.6 Å². The van der Waals surface area contributed by atoms with Crippen LogP contribution in [0.4, 0.5) is 0 Å². The molecule has 1 aliphatic carbocycles. The van der Waals surface area contributed by atoms with E-state index in [2.05, 4.69) is 0 Å². The van der Waals surface area contributed by atoms with E-state index in [4.69, 9.17) is 4.74 Å². The standard InChI is InChI=1S/C10H18O3/c1-3-13-10(12)8-5-4-7(2)9(11)6-8/h7-9,11H,3-6H2,1-2H3. The highest BCUT2D eigenvalue weighted by Crippen LogP contribution is 2.29. The first kappa shape index (κ1) is 10.5. The molecular formula is C10H18O3. The largest absolute Gasteiger partial charge is 0.466 e. The van der Waals surface area contributed by atoms with Gasteiger partial charge in [-0.15, -0.1) is 0 Å². The summed E-state index contributed by atoms with van der Waals surface area (Å²) in [5.41, 5.74) is 0. The molecule has 0 radical (unpaired) electrons. The molecule has 1 fully saturated rings. The van der Waals surface area contributed by atoms with Gasteiger partial charge in [-0.2, -0.15) is 0 Å². The van der Waals surface area contributed by atoms with Gasteiger partial charge in [0.25, 0.3) is 0 Å². The summed E-state index contributed by atoms with van der Waals surface area (Å²) in [6, 6.07) is 0. The number of carbonyl (C=O) groups excluding carboxylic acids is 1. The molecule has 1 saturated carbocycles. The summed E-state index contributed by atoms with van der Waals surface area (Å²) in [5.74, 6) is 0.102. The van der Waals surface area contributed by atoms with E-state index in [0.29, 0.717) is 18.9 Å². The SMILES string of the molecule is CCOC(=O)C1CCC(C)C(O)C1. The number of aliphatic hydroxyl groups excluding tert-OH is 1. The Kier molecular flexibility index (Phi) is 3.72. The van der Waals surface area contributed by atoms with Gasteiger partial charge in [0.2, 0.25) is 0 Å². The second kappa shape index (κ2) is 4.61. The van der Waals surface area contributed by atoms with Gasteiger partial charge in [-0.1, -0.05) is 6.92 Å². The lowest BCUT2D eigenvalue weighted by Crippen LogP contribution is -2.32. The van der Waals surface area contributed by atoms with Crippen LogP contribution in [0, 0.1) is 11.8 Å². The summed E-state index contributed by atoms with van der Waals surface area (Å²) in [5, 5.41) is 9.56. The molecule has 0 bridgehead atoms. The number of esters is 1. The Morgan fingerprint density at radius 3 is 2.77 bits per heavy atom. The molecule has 1 rings (SSSR count). The zero-order valence-electron chi connectivity index (χ0n) is 8.32. The van der Waals surface area contributed by atoms with E-state index in [1.165, 1.54) is 0 Å². The molecule has 0 aliphatic heterocycles. The van der Waals surface area contributed by atoms with Crippen molar-refractivity contribution in [2.75, 3.05) is 6.61 Å². The van der Waals surface area contributed by atoms with Crippen molar-refractivity contribution in [1.82, 2.24) is 0 Å². The van der Waals surface area contributed by atoms with Crippen LogP contribution in [0.3, 0.4) is 0 Å². The van der Waals surface area contributed by atoms with E-state index in [-0.39, 0.29) is 18.0 Å². The molecule has 1 N–H and O–H groups in total. The molecule has 3 heteroatoms. The van der Waals surface area contributed by atoms with Crippen molar-refractivity contribution in [3.63, 3.8) is 0 Å². The van der Waals surface area contributed by atoms with E-state index in [1.54, 1.807) is 6.92 Å². The van der Waals surface area contributed by atoms with Crippen LogP contribution in [0.1, 0.15) is 33.1 Å². The monoisotopic (exact) mass is 186 g/mol. The maximum Gasteiger partial charge on any atom is 0.309 e. The minimum absolute atomic E-state index is 0.0776. The van der Waals surface area contributed by atoms with E-state index < -0.39 is 0 Å². The van der Waals surface area contributed by atoms with Crippen LogP contribution >= 0.6 is 0 Å². The number of hydrogen-bond acceptors (Lipinski definition) is 3.